The molecule has 3 aromatic rings. The zero-order chi connectivity index (χ0) is 21.1. The van der Waals surface area contributed by atoms with Crippen LogP contribution < -0.4 is 5.32 Å². The SMILES string of the molecule is Cn1cc(-c2ccc(S(=O)(=O)N3CCC(Nc4cc(C#N)ccn4)CC3)cc2)cn1. The van der Waals surface area contributed by atoms with Gasteiger partial charge in [-0.1, -0.05) is 12.1 Å². The van der Waals surface area contributed by atoms with Gasteiger partial charge in [0.25, 0.3) is 0 Å². The van der Waals surface area contributed by atoms with E-state index in [0.29, 0.717) is 42.2 Å². The van der Waals surface area contributed by atoms with Crippen LogP contribution in [0.1, 0.15) is 18.4 Å². The molecule has 1 saturated heterocycles. The molecule has 1 aliphatic rings. The van der Waals surface area contributed by atoms with E-state index in [2.05, 4.69) is 21.5 Å². The lowest BCUT2D eigenvalue weighted by molar-refractivity contribution is 0.329. The van der Waals surface area contributed by atoms with Gasteiger partial charge < -0.3 is 5.32 Å². The molecule has 0 atom stereocenters. The highest BCUT2D eigenvalue weighted by atomic mass is 32.2. The summed E-state index contributed by atoms with van der Waals surface area (Å²) < 4.78 is 29.3. The Hall–Kier alpha value is -3.22. The minimum absolute atomic E-state index is 0.117. The zero-order valence-electron chi connectivity index (χ0n) is 16.6. The topological polar surface area (TPSA) is 104 Å². The summed E-state index contributed by atoms with van der Waals surface area (Å²) in [4.78, 5) is 4.53. The molecule has 3 heterocycles. The van der Waals surface area contributed by atoms with Crippen LogP contribution in [0.5, 0.6) is 0 Å². The number of piperidine rings is 1. The summed E-state index contributed by atoms with van der Waals surface area (Å²) in [6.45, 7) is 0.866. The van der Waals surface area contributed by atoms with E-state index in [-0.39, 0.29) is 6.04 Å². The predicted octanol–water partition coefficient (Wildman–Crippen LogP) is 2.62. The first kappa shape index (κ1) is 20.1. The summed E-state index contributed by atoms with van der Waals surface area (Å²) in [5.74, 6) is 0.640. The fraction of sp³-hybridized carbons (Fsp3) is 0.286. The van der Waals surface area contributed by atoms with Crippen LogP contribution in [-0.4, -0.2) is 46.6 Å². The third-order valence-electron chi connectivity index (χ3n) is 5.23. The molecule has 1 aliphatic heterocycles. The largest absolute Gasteiger partial charge is 0.367 e. The monoisotopic (exact) mass is 422 g/mol. The van der Waals surface area contributed by atoms with Crippen molar-refractivity contribution in [2.75, 3.05) is 18.4 Å². The Morgan fingerprint density at radius 2 is 1.87 bits per heavy atom. The lowest BCUT2D eigenvalue weighted by atomic mass is 10.1. The van der Waals surface area contributed by atoms with Crippen LogP contribution in [0.25, 0.3) is 11.1 Å². The molecule has 8 nitrogen and oxygen atoms in total. The Labute approximate surface area is 175 Å². The fourth-order valence-corrected chi connectivity index (χ4v) is 5.04. The molecular formula is C21H22N6O2S. The van der Waals surface area contributed by atoms with Gasteiger partial charge in [-0.15, -0.1) is 0 Å². The number of rotatable bonds is 5. The third-order valence-corrected chi connectivity index (χ3v) is 7.14. The van der Waals surface area contributed by atoms with Gasteiger partial charge >= 0.3 is 0 Å². The minimum Gasteiger partial charge on any atom is -0.367 e. The van der Waals surface area contributed by atoms with Gasteiger partial charge in [0.05, 0.1) is 22.7 Å². The normalized spacial score (nSPS) is 15.6. The molecule has 4 rings (SSSR count). The summed E-state index contributed by atoms with van der Waals surface area (Å²) in [5.41, 5.74) is 2.42. The predicted molar refractivity (Wildman–Crippen MR) is 113 cm³/mol. The molecule has 0 radical (unpaired) electrons. The van der Waals surface area contributed by atoms with Crippen LogP contribution in [-0.2, 0) is 17.1 Å². The van der Waals surface area contributed by atoms with Gasteiger partial charge in [-0.25, -0.2) is 13.4 Å². The van der Waals surface area contributed by atoms with Crippen molar-refractivity contribution in [1.29, 1.82) is 5.26 Å². The molecule has 0 spiro atoms. The van der Waals surface area contributed by atoms with E-state index < -0.39 is 10.0 Å². The second-order valence-electron chi connectivity index (χ2n) is 7.29. The van der Waals surface area contributed by atoms with E-state index in [9.17, 15) is 8.42 Å². The average molecular weight is 423 g/mol. The fourth-order valence-electron chi connectivity index (χ4n) is 3.57. The van der Waals surface area contributed by atoms with Crippen LogP contribution in [0.2, 0.25) is 0 Å². The summed E-state index contributed by atoms with van der Waals surface area (Å²) in [5, 5.41) is 16.5. The quantitative estimate of drug-likeness (QED) is 0.678. The molecule has 0 aliphatic carbocycles. The molecule has 0 amide bonds. The van der Waals surface area contributed by atoms with Crippen molar-refractivity contribution in [3.63, 3.8) is 0 Å². The minimum atomic E-state index is -3.54. The highest BCUT2D eigenvalue weighted by molar-refractivity contribution is 7.89. The van der Waals surface area contributed by atoms with Crippen molar-refractivity contribution in [2.45, 2.75) is 23.8 Å². The van der Waals surface area contributed by atoms with E-state index in [1.165, 1.54) is 4.31 Å². The number of sulfonamides is 1. The maximum Gasteiger partial charge on any atom is 0.243 e. The Morgan fingerprint density at radius 3 is 2.50 bits per heavy atom. The standard InChI is InChI=1S/C21H22N6O2S/c1-26-15-18(14-24-26)17-2-4-20(5-3-17)30(28,29)27-10-7-19(8-11-27)25-21-12-16(13-22)6-9-23-21/h2-6,9,12,14-15,19H,7-8,10-11H2,1H3,(H,23,25). The number of aromatic nitrogens is 3. The Balaban J connectivity index is 1.40. The third kappa shape index (κ3) is 4.20. The molecule has 0 bridgehead atoms. The summed E-state index contributed by atoms with van der Waals surface area (Å²) >= 11 is 0. The van der Waals surface area contributed by atoms with E-state index in [4.69, 9.17) is 5.26 Å². The van der Waals surface area contributed by atoms with Crippen LogP contribution >= 0.6 is 0 Å². The van der Waals surface area contributed by atoms with Crippen molar-refractivity contribution >= 4 is 15.8 Å². The van der Waals surface area contributed by atoms with E-state index >= 15 is 0 Å². The first-order chi connectivity index (χ1) is 14.5. The average Bonchev–Trinajstić information content (AvgIpc) is 3.21. The van der Waals surface area contributed by atoms with Crippen LogP contribution in [0.15, 0.2) is 59.9 Å². The first-order valence-corrected chi connectivity index (χ1v) is 11.1. The van der Waals surface area contributed by atoms with Gasteiger partial charge in [0.1, 0.15) is 5.82 Å². The number of nitriles is 1. The maximum absolute atomic E-state index is 13.0. The van der Waals surface area contributed by atoms with Gasteiger partial charge in [0, 0.05) is 44.1 Å². The Kier molecular flexibility index (Phi) is 5.53. The lowest BCUT2D eigenvalue weighted by Crippen LogP contribution is -2.42. The van der Waals surface area contributed by atoms with Crippen molar-refractivity contribution in [2.24, 2.45) is 7.05 Å². The molecular weight excluding hydrogens is 400 g/mol. The Bertz CT molecular complexity index is 1170. The number of anilines is 1. The summed E-state index contributed by atoms with van der Waals surface area (Å²) in [7, 11) is -1.69. The van der Waals surface area contributed by atoms with Crippen molar-refractivity contribution < 1.29 is 8.42 Å². The number of nitrogens with one attached hydrogen (secondary N) is 1. The molecule has 154 valence electrons. The van der Waals surface area contributed by atoms with E-state index in [1.807, 2.05) is 25.4 Å². The van der Waals surface area contributed by atoms with Crippen molar-refractivity contribution in [1.82, 2.24) is 19.1 Å². The molecule has 1 fully saturated rings. The smallest absolute Gasteiger partial charge is 0.243 e. The van der Waals surface area contributed by atoms with Gasteiger partial charge in [0.2, 0.25) is 10.0 Å². The molecule has 1 N–H and O–H groups in total. The molecule has 1 aromatic carbocycles. The number of hydrogen-bond acceptors (Lipinski definition) is 6. The van der Waals surface area contributed by atoms with Crippen LogP contribution in [0, 0.1) is 11.3 Å². The van der Waals surface area contributed by atoms with Crippen LogP contribution in [0.4, 0.5) is 5.82 Å². The molecule has 9 heteroatoms. The first-order valence-electron chi connectivity index (χ1n) is 9.67. The van der Waals surface area contributed by atoms with Gasteiger partial charge in [-0.3, -0.25) is 4.68 Å². The second kappa shape index (κ2) is 8.26. The van der Waals surface area contributed by atoms with Crippen molar-refractivity contribution in [3.8, 4) is 17.2 Å². The number of benzene rings is 1. The molecule has 30 heavy (non-hydrogen) atoms. The highest BCUT2D eigenvalue weighted by Crippen LogP contribution is 2.25. The highest BCUT2D eigenvalue weighted by Gasteiger charge is 2.29. The van der Waals surface area contributed by atoms with Gasteiger partial charge in [-0.05, 0) is 42.7 Å². The molecule has 0 saturated carbocycles. The van der Waals surface area contributed by atoms with Crippen LogP contribution in [0.3, 0.4) is 0 Å². The number of aryl methyl sites for hydroxylation is 1. The van der Waals surface area contributed by atoms with E-state index in [1.54, 1.807) is 41.3 Å². The van der Waals surface area contributed by atoms with Gasteiger partial charge in [-0.2, -0.15) is 14.7 Å². The number of nitrogens with zero attached hydrogens (tertiary/aromatic N) is 5. The maximum atomic E-state index is 13.0. The number of hydrogen-bond donors (Lipinski definition) is 1. The Morgan fingerprint density at radius 1 is 1.13 bits per heavy atom. The second-order valence-corrected chi connectivity index (χ2v) is 9.23. The zero-order valence-corrected chi connectivity index (χ0v) is 17.4. The van der Waals surface area contributed by atoms with Crippen molar-refractivity contribution in [3.05, 3.63) is 60.6 Å². The van der Waals surface area contributed by atoms with Gasteiger partial charge in [0.15, 0.2) is 0 Å². The lowest BCUT2D eigenvalue weighted by Gasteiger charge is -2.31. The molecule has 0 unspecified atom stereocenters. The van der Waals surface area contributed by atoms with E-state index in [0.717, 1.165) is 11.1 Å². The summed E-state index contributed by atoms with van der Waals surface area (Å²) in [6, 6.07) is 12.5. The molecule has 2 aromatic heterocycles. The summed E-state index contributed by atoms with van der Waals surface area (Å²) in [6.07, 6.45) is 6.58. The number of pyridine rings is 1.